The molecule has 0 amide bonds. The first-order valence-electron chi connectivity index (χ1n) is 3.78. The van der Waals surface area contributed by atoms with Crippen molar-refractivity contribution in [3.8, 4) is 0 Å². The summed E-state index contributed by atoms with van der Waals surface area (Å²) in [5, 5.41) is 8.45. The topological polar surface area (TPSA) is 66.8 Å². The van der Waals surface area contributed by atoms with Gasteiger partial charge in [-0.05, 0) is 6.42 Å². The van der Waals surface area contributed by atoms with E-state index in [2.05, 4.69) is 0 Å². The molecular formula is C7H11NO4. The highest BCUT2D eigenvalue weighted by molar-refractivity contribution is 5.74. The van der Waals surface area contributed by atoms with E-state index in [1.54, 1.807) is 4.90 Å². The molecular weight excluding hydrogens is 162 g/mol. The van der Waals surface area contributed by atoms with E-state index in [1.165, 1.54) is 0 Å². The second-order valence-electron chi connectivity index (χ2n) is 2.68. The van der Waals surface area contributed by atoms with Crippen LogP contribution in [-0.4, -0.2) is 48.2 Å². The van der Waals surface area contributed by atoms with Crippen LogP contribution >= 0.6 is 0 Å². The molecule has 0 aromatic rings. The minimum Gasteiger partial charge on any atom is -0.480 e. The maximum atomic E-state index is 10.8. The average molecular weight is 173 g/mol. The van der Waals surface area contributed by atoms with Crippen molar-refractivity contribution in [2.75, 3.05) is 26.2 Å². The fraction of sp³-hybridized carbons (Fsp3) is 0.714. The minimum absolute atomic E-state index is 0.0882. The Labute approximate surface area is 69.9 Å². The minimum atomic E-state index is -0.912. The second-order valence-corrected chi connectivity index (χ2v) is 2.68. The Morgan fingerprint density at radius 3 is 3.08 bits per heavy atom. The van der Waals surface area contributed by atoms with E-state index in [9.17, 15) is 9.59 Å². The lowest BCUT2D eigenvalue weighted by Crippen LogP contribution is -2.33. The van der Waals surface area contributed by atoms with Gasteiger partial charge in [0.15, 0.2) is 0 Å². The summed E-state index contributed by atoms with van der Waals surface area (Å²) >= 11 is 0. The molecule has 12 heavy (non-hydrogen) atoms. The molecule has 68 valence electrons. The Kier molecular flexibility index (Phi) is 3.04. The Morgan fingerprint density at radius 1 is 1.67 bits per heavy atom. The molecule has 1 aliphatic heterocycles. The van der Waals surface area contributed by atoms with Gasteiger partial charge in [-0.3, -0.25) is 14.5 Å². The van der Waals surface area contributed by atoms with Crippen LogP contribution in [0.5, 0.6) is 0 Å². The van der Waals surface area contributed by atoms with Gasteiger partial charge >= 0.3 is 11.9 Å². The molecule has 5 heteroatoms. The summed E-state index contributed by atoms with van der Waals surface area (Å²) in [6, 6.07) is 0. The van der Waals surface area contributed by atoms with E-state index in [-0.39, 0.29) is 19.1 Å². The van der Waals surface area contributed by atoms with Gasteiger partial charge in [-0.25, -0.2) is 0 Å². The lowest BCUT2D eigenvalue weighted by atomic mass is 10.4. The SMILES string of the molecule is O=C(O)CN1CCCOC(=O)C1. The van der Waals surface area contributed by atoms with E-state index in [0.29, 0.717) is 19.6 Å². The van der Waals surface area contributed by atoms with Gasteiger partial charge in [0.2, 0.25) is 0 Å². The largest absolute Gasteiger partial charge is 0.480 e. The average Bonchev–Trinajstić information content (AvgIpc) is 2.12. The zero-order chi connectivity index (χ0) is 8.97. The van der Waals surface area contributed by atoms with Gasteiger partial charge in [0, 0.05) is 6.54 Å². The molecule has 0 spiro atoms. The highest BCUT2D eigenvalue weighted by Gasteiger charge is 2.17. The Bertz CT molecular complexity index is 192. The summed E-state index contributed by atoms with van der Waals surface area (Å²) in [6.45, 7) is 1.01. The standard InChI is InChI=1S/C7H11NO4/c9-6(10)4-8-2-1-3-12-7(11)5-8/h1-5H2,(H,9,10). The molecule has 0 saturated carbocycles. The molecule has 1 heterocycles. The number of aliphatic carboxylic acids is 1. The van der Waals surface area contributed by atoms with Crippen LogP contribution in [0, 0.1) is 0 Å². The Hall–Kier alpha value is -1.10. The lowest BCUT2D eigenvalue weighted by Gasteiger charge is -2.13. The first-order chi connectivity index (χ1) is 5.68. The fourth-order valence-corrected chi connectivity index (χ4v) is 1.11. The summed E-state index contributed by atoms with van der Waals surface area (Å²) in [5.74, 6) is -1.25. The third kappa shape index (κ3) is 2.87. The highest BCUT2D eigenvalue weighted by atomic mass is 16.5. The van der Waals surface area contributed by atoms with Crippen molar-refractivity contribution in [3.05, 3.63) is 0 Å². The number of carbonyl (C=O) groups excluding carboxylic acids is 1. The summed E-state index contributed by atoms with van der Waals surface area (Å²) in [5.41, 5.74) is 0. The van der Waals surface area contributed by atoms with Gasteiger partial charge in [0.05, 0.1) is 19.7 Å². The van der Waals surface area contributed by atoms with Gasteiger partial charge in [-0.1, -0.05) is 0 Å². The van der Waals surface area contributed by atoms with Crippen molar-refractivity contribution in [1.82, 2.24) is 4.90 Å². The normalized spacial score (nSPS) is 19.8. The number of hydrogen-bond acceptors (Lipinski definition) is 4. The van der Waals surface area contributed by atoms with Gasteiger partial charge in [-0.15, -0.1) is 0 Å². The highest BCUT2D eigenvalue weighted by Crippen LogP contribution is 1.99. The van der Waals surface area contributed by atoms with Crippen LogP contribution in [0.4, 0.5) is 0 Å². The molecule has 0 radical (unpaired) electrons. The fourth-order valence-electron chi connectivity index (χ4n) is 1.11. The van der Waals surface area contributed by atoms with E-state index >= 15 is 0 Å². The molecule has 0 bridgehead atoms. The van der Waals surface area contributed by atoms with Crippen molar-refractivity contribution >= 4 is 11.9 Å². The third-order valence-electron chi connectivity index (χ3n) is 1.59. The monoisotopic (exact) mass is 173 g/mol. The van der Waals surface area contributed by atoms with Crippen LogP contribution in [0.25, 0.3) is 0 Å². The van der Waals surface area contributed by atoms with E-state index in [0.717, 1.165) is 0 Å². The number of carboxylic acid groups (broad SMARTS) is 1. The van der Waals surface area contributed by atoms with Crippen LogP contribution in [-0.2, 0) is 14.3 Å². The lowest BCUT2D eigenvalue weighted by molar-refractivity contribution is -0.144. The predicted octanol–water partition coefficient (Wildman–Crippen LogP) is -0.680. The summed E-state index contributed by atoms with van der Waals surface area (Å²) in [7, 11) is 0. The number of carbonyl (C=O) groups is 2. The van der Waals surface area contributed by atoms with Crippen LogP contribution in [0.15, 0.2) is 0 Å². The zero-order valence-electron chi connectivity index (χ0n) is 6.65. The number of carboxylic acids is 1. The van der Waals surface area contributed by atoms with Crippen molar-refractivity contribution in [2.45, 2.75) is 6.42 Å². The van der Waals surface area contributed by atoms with Crippen molar-refractivity contribution in [2.24, 2.45) is 0 Å². The first kappa shape index (κ1) is 8.99. The van der Waals surface area contributed by atoms with Crippen LogP contribution in [0.3, 0.4) is 0 Å². The molecule has 0 unspecified atom stereocenters. The first-order valence-corrected chi connectivity index (χ1v) is 3.78. The molecule has 0 aromatic heterocycles. The molecule has 0 aliphatic carbocycles. The summed E-state index contributed by atoms with van der Waals surface area (Å²) < 4.78 is 4.74. The van der Waals surface area contributed by atoms with Crippen molar-refractivity contribution in [1.29, 1.82) is 0 Å². The predicted molar refractivity (Wildman–Crippen MR) is 39.7 cm³/mol. The van der Waals surface area contributed by atoms with Gasteiger partial charge < -0.3 is 9.84 Å². The summed E-state index contributed by atoms with van der Waals surface area (Å²) in [4.78, 5) is 22.7. The number of cyclic esters (lactones) is 1. The van der Waals surface area contributed by atoms with Crippen molar-refractivity contribution < 1.29 is 19.4 Å². The molecule has 0 aromatic carbocycles. The van der Waals surface area contributed by atoms with Crippen LogP contribution in [0.2, 0.25) is 0 Å². The Balaban J connectivity index is 2.41. The van der Waals surface area contributed by atoms with Gasteiger partial charge in [0.1, 0.15) is 0 Å². The molecule has 1 rings (SSSR count). The number of hydrogen-bond donors (Lipinski definition) is 1. The third-order valence-corrected chi connectivity index (χ3v) is 1.59. The zero-order valence-corrected chi connectivity index (χ0v) is 6.65. The van der Waals surface area contributed by atoms with Crippen LogP contribution < -0.4 is 0 Å². The molecule has 5 nitrogen and oxygen atoms in total. The van der Waals surface area contributed by atoms with E-state index in [4.69, 9.17) is 9.84 Å². The van der Waals surface area contributed by atoms with E-state index < -0.39 is 5.97 Å². The van der Waals surface area contributed by atoms with Crippen molar-refractivity contribution in [3.63, 3.8) is 0 Å². The number of esters is 1. The summed E-state index contributed by atoms with van der Waals surface area (Å²) in [6.07, 6.45) is 0.707. The Morgan fingerprint density at radius 2 is 2.42 bits per heavy atom. The smallest absolute Gasteiger partial charge is 0.320 e. The number of nitrogens with zero attached hydrogens (tertiary/aromatic N) is 1. The quantitative estimate of drug-likeness (QED) is 0.560. The molecule has 1 N–H and O–H groups in total. The second kappa shape index (κ2) is 4.06. The number of ether oxygens (including phenoxy) is 1. The number of rotatable bonds is 2. The maximum absolute atomic E-state index is 10.8. The van der Waals surface area contributed by atoms with E-state index in [1.807, 2.05) is 0 Å². The molecule has 1 saturated heterocycles. The van der Waals surface area contributed by atoms with Gasteiger partial charge in [0.25, 0.3) is 0 Å². The molecule has 1 aliphatic rings. The molecule has 0 atom stereocenters. The molecule has 1 fully saturated rings. The maximum Gasteiger partial charge on any atom is 0.320 e. The van der Waals surface area contributed by atoms with Crippen LogP contribution in [0.1, 0.15) is 6.42 Å². The van der Waals surface area contributed by atoms with Gasteiger partial charge in [-0.2, -0.15) is 0 Å².